The van der Waals surface area contributed by atoms with Gasteiger partial charge in [0, 0.05) is 47.7 Å². The van der Waals surface area contributed by atoms with Crippen LogP contribution in [0.2, 0.25) is 0 Å². The van der Waals surface area contributed by atoms with E-state index in [1.807, 2.05) is 18.5 Å². The fraction of sp³-hybridized carbons (Fsp3) is 0.357. The van der Waals surface area contributed by atoms with Gasteiger partial charge in [0.1, 0.15) is 5.65 Å². The van der Waals surface area contributed by atoms with E-state index in [1.165, 1.54) is 0 Å². The first-order chi connectivity index (χ1) is 9.83. The van der Waals surface area contributed by atoms with Gasteiger partial charge in [0.15, 0.2) is 5.82 Å². The Morgan fingerprint density at radius 1 is 1.35 bits per heavy atom. The summed E-state index contributed by atoms with van der Waals surface area (Å²) < 4.78 is 0. The molecule has 4 heterocycles. The maximum Gasteiger partial charge on any atom is 0.160 e. The predicted octanol–water partition coefficient (Wildman–Crippen LogP) is 1.43. The fourth-order valence-electron chi connectivity index (χ4n) is 2.99. The first-order valence-electron chi connectivity index (χ1n) is 6.91. The molecule has 4 rings (SSSR count). The third-order valence-corrected chi connectivity index (χ3v) is 3.95. The molecule has 1 saturated heterocycles. The molecule has 20 heavy (non-hydrogen) atoms. The number of nitrogens with two attached hydrogens (primary N) is 1. The van der Waals surface area contributed by atoms with Crippen LogP contribution < -0.4 is 10.6 Å². The van der Waals surface area contributed by atoms with Gasteiger partial charge in [0.25, 0.3) is 0 Å². The normalized spacial score (nSPS) is 19.9. The topological polar surface area (TPSA) is 83.7 Å². The highest BCUT2D eigenvalue weighted by atomic mass is 15.3. The second-order valence-electron chi connectivity index (χ2n) is 5.34. The Kier molecular flexibility index (Phi) is 2.56. The minimum absolute atomic E-state index is 0.212. The lowest BCUT2D eigenvalue weighted by Crippen LogP contribution is -2.43. The number of H-pyrrole nitrogens is 1. The standard InChI is InChI=1S/C14H16N6/c15-10-2-1-5-20(8-10)14-12-9(7-18-19-14)6-17-13-11(12)3-4-16-13/h3-4,6-7,10H,1-2,5,8,15H2,(H,16,17). The van der Waals surface area contributed by atoms with Gasteiger partial charge in [-0.1, -0.05) is 0 Å². The molecule has 0 aliphatic carbocycles. The number of nitrogens with zero attached hydrogens (tertiary/aromatic N) is 4. The number of pyridine rings is 1. The van der Waals surface area contributed by atoms with Gasteiger partial charge in [-0.3, -0.25) is 0 Å². The summed E-state index contributed by atoms with van der Waals surface area (Å²) in [6.45, 7) is 1.82. The van der Waals surface area contributed by atoms with E-state index >= 15 is 0 Å². The molecule has 0 aromatic carbocycles. The van der Waals surface area contributed by atoms with Crippen molar-refractivity contribution in [1.82, 2.24) is 20.2 Å². The van der Waals surface area contributed by atoms with Gasteiger partial charge in [-0.2, -0.15) is 5.10 Å². The first-order valence-corrected chi connectivity index (χ1v) is 6.91. The Balaban J connectivity index is 1.96. The molecular formula is C14H16N6. The van der Waals surface area contributed by atoms with Gasteiger partial charge in [0.05, 0.1) is 6.20 Å². The minimum Gasteiger partial charge on any atom is -0.353 e. The zero-order valence-corrected chi connectivity index (χ0v) is 11.1. The number of rotatable bonds is 1. The summed E-state index contributed by atoms with van der Waals surface area (Å²) in [6.07, 6.45) is 7.69. The molecule has 102 valence electrons. The summed E-state index contributed by atoms with van der Waals surface area (Å²) in [7, 11) is 0. The van der Waals surface area contributed by atoms with Gasteiger partial charge in [-0.25, -0.2) is 4.98 Å². The van der Waals surface area contributed by atoms with Gasteiger partial charge < -0.3 is 15.6 Å². The summed E-state index contributed by atoms with van der Waals surface area (Å²) in [5.41, 5.74) is 6.97. The Morgan fingerprint density at radius 2 is 2.30 bits per heavy atom. The lowest BCUT2D eigenvalue weighted by molar-refractivity contribution is 0.503. The highest BCUT2D eigenvalue weighted by molar-refractivity contribution is 6.09. The molecule has 1 unspecified atom stereocenters. The molecule has 3 N–H and O–H groups in total. The van der Waals surface area contributed by atoms with E-state index in [0.717, 1.165) is 53.6 Å². The molecule has 1 aliphatic heterocycles. The van der Waals surface area contributed by atoms with Crippen molar-refractivity contribution in [2.45, 2.75) is 18.9 Å². The average molecular weight is 268 g/mol. The number of piperidine rings is 1. The molecule has 1 atom stereocenters. The maximum absolute atomic E-state index is 6.09. The third kappa shape index (κ3) is 1.72. The molecule has 0 amide bonds. The highest BCUT2D eigenvalue weighted by Crippen LogP contribution is 2.30. The smallest absolute Gasteiger partial charge is 0.160 e. The van der Waals surface area contributed by atoms with Crippen molar-refractivity contribution >= 4 is 27.6 Å². The minimum atomic E-state index is 0.212. The number of hydrogen-bond donors (Lipinski definition) is 2. The van der Waals surface area contributed by atoms with Crippen LogP contribution in [0.25, 0.3) is 21.8 Å². The molecule has 0 saturated carbocycles. The largest absolute Gasteiger partial charge is 0.353 e. The van der Waals surface area contributed by atoms with Crippen molar-refractivity contribution in [1.29, 1.82) is 0 Å². The van der Waals surface area contributed by atoms with Crippen LogP contribution in [0.5, 0.6) is 0 Å². The van der Waals surface area contributed by atoms with Gasteiger partial charge in [0.2, 0.25) is 0 Å². The molecule has 3 aromatic rings. The zero-order chi connectivity index (χ0) is 13.5. The molecule has 6 heteroatoms. The van der Waals surface area contributed by atoms with E-state index in [-0.39, 0.29) is 6.04 Å². The van der Waals surface area contributed by atoms with Crippen LogP contribution in [-0.2, 0) is 0 Å². The lowest BCUT2D eigenvalue weighted by atomic mass is 10.1. The predicted molar refractivity (Wildman–Crippen MR) is 78.6 cm³/mol. The van der Waals surface area contributed by atoms with Crippen molar-refractivity contribution in [3.8, 4) is 0 Å². The first kappa shape index (κ1) is 11.6. The van der Waals surface area contributed by atoms with E-state index < -0.39 is 0 Å². The van der Waals surface area contributed by atoms with Crippen molar-refractivity contribution in [2.24, 2.45) is 5.73 Å². The van der Waals surface area contributed by atoms with Crippen LogP contribution in [0.3, 0.4) is 0 Å². The Labute approximate surface area is 116 Å². The molecular weight excluding hydrogens is 252 g/mol. The van der Waals surface area contributed by atoms with E-state index in [4.69, 9.17) is 5.73 Å². The fourth-order valence-corrected chi connectivity index (χ4v) is 2.99. The van der Waals surface area contributed by atoms with Gasteiger partial charge >= 0.3 is 0 Å². The summed E-state index contributed by atoms with van der Waals surface area (Å²) in [6, 6.07) is 2.25. The number of hydrogen-bond acceptors (Lipinski definition) is 5. The van der Waals surface area contributed by atoms with Crippen molar-refractivity contribution in [3.05, 3.63) is 24.7 Å². The molecule has 3 aromatic heterocycles. The number of aromatic nitrogens is 4. The summed E-state index contributed by atoms with van der Waals surface area (Å²) in [4.78, 5) is 9.80. The quantitative estimate of drug-likeness (QED) is 0.697. The van der Waals surface area contributed by atoms with E-state index in [0.29, 0.717) is 0 Å². The second kappa shape index (κ2) is 4.42. The zero-order valence-electron chi connectivity index (χ0n) is 11.1. The number of anilines is 1. The Morgan fingerprint density at radius 3 is 3.20 bits per heavy atom. The SMILES string of the molecule is NC1CCCN(c2nncc3cnc4[nH]ccc4c23)C1. The van der Waals surface area contributed by atoms with Gasteiger partial charge in [-0.05, 0) is 18.9 Å². The monoisotopic (exact) mass is 268 g/mol. The van der Waals surface area contributed by atoms with Crippen molar-refractivity contribution in [3.63, 3.8) is 0 Å². The Bertz CT molecular complexity index is 765. The summed E-state index contributed by atoms with van der Waals surface area (Å²) in [5.74, 6) is 0.921. The van der Waals surface area contributed by atoms with E-state index in [1.54, 1.807) is 6.20 Å². The van der Waals surface area contributed by atoms with Crippen molar-refractivity contribution < 1.29 is 0 Å². The molecule has 0 radical (unpaired) electrons. The van der Waals surface area contributed by atoms with Crippen LogP contribution in [0.15, 0.2) is 24.7 Å². The number of fused-ring (bicyclic) bond motifs is 3. The van der Waals surface area contributed by atoms with Crippen LogP contribution in [-0.4, -0.2) is 39.3 Å². The van der Waals surface area contributed by atoms with E-state index in [2.05, 4.69) is 25.1 Å². The average Bonchev–Trinajstić information content (AvgIpc) is 2.95. The second-order valence-corrected chi connectivity index (χ2v) is 5.34. The van der Waals surface area contributed by atoms with Gasteiger partial charge in [-0.15, -0.1) is 5.10 Å². The van der Waals surface area contributed by atoms with E-state index in [9.17, 15) is 0 Å². The molecule has 0 spiro atoms. The number of aromatic amines is 1. The van der Waals surface area contributed by atoms with Crippen molar-refractivity contribution in [2.75, 3.05) is 18.0 Å². The lowest BCUT2D eigenvalue weighted by Gasteiger charge is -2.32. The molecule has 1 aliphatic rings. The molecule has 6 nitrogen and oxygen atoms in total. The van der Waals surface area contributed by atoms with Crippen LogP contribution >= 0.6 is 0 Å². The third-order valence-electron chi connectivity index (χ3n) is 3.95. The van der Waals surface area contributed by atoms with Crippen LogP contribution in [0.1, 0.15) is 12.8 Å². The molecule has 1 fully saturated rings. The Hall–Kier alpha value is -2.21. The maximum atomic E-state index is 6.09. The summed E-state index contributed by atoms with van der Waals surface area (Å²) >= 11 is 0. The highest BCUT2D eigenvalue weighted by Gasteiger charge is 2.21. The van der Waals surface area contributed by atoms with Crippen LogP contribution in [0, 0.1) is 0 Å². The molecule has 0 bridgehead atoms. The summed E-state index contributed by atoms with van der Waals surface area (Å²) in [5, 5.41) is 11.7. The van der Waals surface area contributed by atoms with Crippen LogP contribution in [0.4, 0.5) is 5.82 Å². The number of nitrogens with one attached hydrogen (secondary N) is 1.